The van der Waals surface area contributed by atoms with E-state index in [9.17, 15) is 9.59 Å². The number of carbonyl (C=O) groups excluding carboxylic acids is 2. The number of nitrogens with one attached hydrogen (secondary N) is 1. The number of anilines is 2. The van der Waals surface area contributed by atoms with Gasteiger partial charge >= 0.3 is 0 Å². The summed E-state index contributed by atoms with van der Waals surface area (Å²) in [7, 11) is 1.59. The van der Waals surface area contributed by atoms with Crippen LogP contribution < -0.4 is 21.7 Å². The van der Waals surface area contributed by atoms with Crippen molar-refractivity contribution in [2.75, 3.05) is 30.8 Å². The van der Waals surface area contributed by atoms with Gasteiger partial charge in [0.05, 0.1) is 12.1 Å². The lowest BCUT2D eigenvalue weighted by molar-refractivity contribution is -0.119. The van der Waals surface area contributed by atoms with Crippen LogP contribution in [0.1, 0.15) is 23.7 Å². The van der Waals surface area contributed by atoms with Gasteiger partial charge in [-0.05, 0) is 24.6 Å². The molecule has 0 aromatic heterocycles. The lowest BCUT2D eigenvalue weighted by Crippen LogP contribution is -2.36. The molecule has 0 bridgehead atoms. The van der Waals surface area contributed by atoms with Crippen LogP contribution in [-0.4, -0.2) is 32.0 Å². The van der Waals surface area contributed by atoms with Crippen LogP contribution in [0.2, 0.25) is 0 Å². The van der Waals surface area contributed by atoms with Crippen molar-refractivity contribution in [3.63, 3.8) is 0 Å². The molecule has 0 aliphatic carbocycles. The molecule has 19 heavy (non-hydrogen) atoms. The highest BCUT2D eigenvalue weighted by atomic mass is 16.2. The molecular formula is C13H20N4O2. The Hall–Kier alpha value is -2.24. The molecule has 0 aliphatic heterocycles. The number of hydrogen-bond acceptors (Lipinski definition) is 4. The van der Waals surface area contributed by atoms with Crippen LogP contribution in [0.25, 0.3) is 0 Å². The quantitative estimate of drug-likeness (QED) is 0.644. The van der Waals surface area contributed by atoms with Gasteiger partial charge in [-0.1, -0.05) is 6.92 Å². The lowest BCUT2D eigenvalue weighted by atomic mass is 10.1. The molecule has 0 saturated heterocycles. The van der Waals surface area contributed by atoms with E-state index in [2.05, 4.69) is 5.32 Å². The van der Waals surface area contributed by atoms with Crippen LogP contribution in [0.5, 0.6) is 0 Å². The van der Waals surface area contributed by atoms with E-state index >= 15 is 0 Å². The Morgan fingerprint density at radius 3 is 2.58 bits per heavy atom. The van der Waals surface area contributed by atoms with E-state index in [-0.39, 0.29) is 18.0 Å². The molecule has 0 radical (unpaired) electrons. The van der Waals surface area contributed by atoms with Crippen molar-refractivity contribution in [3.8, 4) is 0 Å². The number of primary amides is 1. The van der Waals surface area contributed by atoms with E-state index in [1.54, 1.807) is 25.2 Å². The zero-order chi connectivity index (χ0) is 14.4. The SMILES string of the molecule is CCCN(CC(=O)NC)c1ccc(N)c(C(N)=O)c1. The van der Waals surface area contributed by atoms with Crippen LogP contribution >= 0.6 is 0 Å². The van der Waals surface area contributed by atoms with Gasteiger partial charge in [-0.3, -0.25) is 9.59 Å². The van der Waals surface area contributed by atoms with Crippen molar-refractivity contribution in [3.05, 3.63) is 23.8 Å². The van der Waals surface area contributed by atoms with E-state index in [1.165, 1.54) is 0 Å². The van der Waals surface area contributed by atoms with E-state index in [1.807, 2.05) is 11.8 Å². The van der Waals surface area contributed by atoms with Gasteiger partial charge in [0.2, 0.25) is 5.91 Å². The molecule has 1 aromatic carbocycles. The van der Waals surface area contributed by atoms with Gasteiger partial charge < -0.3 is 21.7 Å². The van der Waals surface area contributed by atoms with Gasteiger partial charge in [0, 0.05) is 25.0 Å². The third kappa shape index (κ3) is 3.87. The Balaban J connectivity index is 3.05. The first-order chi connectivity index (χ1) is 8.99. The molecule has 0 unspecified atom stereocenters. The minimum Gasteiger partial charge on any atom is -0.398 e. The standard InChI is InChI=1S/C13H20N4O2/c1-3-6-17(8-12(18)16-2)9-4-5-11(14)10(7-9)13(15)19/h4-5,7H,3,6,8,14H2,1-2H3,(H2,15,19)(H,16,18). The zero-order valence-electron chi connectivity index (χ0n) is 11.3. The molecule has 0 spiro atoms. The average Bonchev–Trinajstić information content (AvgIpc) is 2.38. The summed E-state index contributed by atoms with van der Waals surface area (Å²) in [5.41, 5.74) is 12.3. The Kier molecular flexibility index (Phi) is 5.17. The maximum Gasteiger partial charge on any atom is 0.250 e. The molecule has 6 nitrogen and oxygen atoms in total. The first-order valence-corrected chi connectivity index (χ1v) is 6.14. The fourth-order valence-corrected chi connectivity index (χ4v) is 1.78. The first kappa shape index (κ1) is 14.8. The summed E-state index contributed by atoms with van der Waals surface area (Å²) in [6.07, 6.45) is 0.882. The van der Waals surface area contributed by atoms with Crippen LogP contribution in [0.15, 0.2) is 18.2 Å². The van der Waals surface area contributed by atoms with Crippen molar-refractivity contribution in [2.24, 2.45) is 5.73 Å². The van der Waals surface area contributed by atoms with Crippen LogP contribution in [0.4, 0.5) is 11.4 Å². The molecule has 2 amide bonds. The summed E-state index contributed by atoms with van der Waals surface area (Å²) in [6.45, 7) is 2.95. The van der Waals surface area contributed by atoms with Crippen LogP contribution in [-0.2, 0) is 4.79 Å². The molecule has 0 saturated carbocycles. The second-order valence-corrected chi connectivity index (χ2v) is 4.23. The topological polar surface area (TPSA) is 101 Å². The number of hydrogen-bond donors (Lipinski definition) is 3. The largest absolute Gasteiger partial charge is 0.398 e. The molecule has 104 valence electrons. The summed E-state index contributed by atoms with van der Waals surface area (Å²) in [5.74, 6) is -0.665. The molecule has 0 heterocycles. The van der Waals surface area contributed by atoms with Crippen LogP contribution in [0, 0.1) is 0 Å². The molecule has 0 aliphatic rings. The van der Waals surface area contributed by atoms with E-state index < -0.39 is 5.91 Å². The van der Waals surface area contributed by atoms with Crippen molar-refractivity contribution in [1.29, 1.82) is 0 Å². The van der Waals surface area contributed by atoms with Crippen molar-refractivity contribution in [2.45, 2.75) is 13.3 Å². The summed E-state index contributed by atoms with van der Waals surface area (Å²) in [4.78, 5) is 24.6. The van der Waals surface area contributed by atoms with Gasteiger partial charge in [-0.25, -0.2) is 0 Å². The van der Waals surface area contributed by atoms with Gasteiger partial charge in [0.1, 0.15) is 0 Å². The monoisotopic (exact) mass is 264 g/mol. The zero-order valence-corrected chi connectivity index (χ0v) is 11.3. The Bertz CT molecular complexity index is 474. The Morgan fingerprint density at radius 2 is 2.05 bits per heavy atom. The molecule has 0 fully saturated rings. The van der Waals surface area contributed by atoms with E-state index in [0.717, 1.165) is 12.1 Å². The predicted octanol–water partition coefficient (Wildman–Crippen LogP) is 0.330. The maximum atomic E-state index is 11.5. The average molecular weight is 264 g/mol. The molecule has 1 rings (SSSR count). The van der Waals surface area contributed by atoms with Gasteiger partial charge in [-0.2, -0.15) is 0 Å². The normalized spacial score (nSPS) is 10.0. The molecule has 0 atom stereocenters. The highest BCUT2D eigenvalue weighted by Gasteiger charge is 2.13. The number of benzene rings is 1. The Labute approximate surface area is 112 Å². The van der Waals surface area contributed by atoms with Crippen molar-refractivity contribution in [1.82, 2.24) is 5.32 Å². The summed E-state index contributed by atoms with van der Waals surface area (Å²) in [6, 6.07) is 5.03. The third-order valence-electron chi connectivity index (χ3n) is 2.77. The van der Waals surface area contributed by atoms with E-state index in [0.29, 0.717) is 12.2 Å². The fourth-order valence-electron chi connectivity index (χ4n) is 1.78. The minimum absolute atomic E-state index is 0.0918. The molecule has 1 aromatic rings. The summed E-state index contributed by atoms with van der Waals surface area (Å²) in [5, 5.41) is 2.58. The lowest BCUT2D eigenvalue weighted by Gasteiger charge is -2.24. The van der Waals surface area contributed by atoms with Gasteiger partial charge in [0.15, 0.2) is 0 Å². The molecule has 6 heteroatoms. The third-order valence-corrected chi connectivity index (χ3v) is 2.77. The highest BCUT2D eigenvalue weighted by molar-refractivity contribution is 5.99. The number of nitrogens with zero attached hydrogens (tertiary/aromatic N) is 1. The highest BCUT2D eigenvalue weighted by Crippen LogP contribution is 2.21. The van der Waals surface area contributed by atoms with Gasteiger partial charge in [0.25, 0.3) is 5.91 Å². The number of nitrogen functional groups attached to an aromatic ring is 1. The first-order valence-electron chi connectivity index (χ1n) is 6.14. The van der Waals surface area contributed by atoms with Gasteiger partial charge in [-0.15, -0.1) is 0 Å². The second-order valence-electron chi connectivity index (χ2n) is 4.23. The smallest absolute Gasteiger partial charge is 0.250 e. The molecular weight excluding hydrogens is 244 g/mol. The maximum absolute atomic E-state index is 11.5. The summed E-state index contributed by atoms with van der Waals surface area (Å²) >= 11 is 0. The number of carbonyl (C=O) groups is 2. The minimum atomic E-state index is -0.573. The Morgan fingerprint density at radius 1 is 1.37 bits per heavy atom. The van der Waals surface area contributed by atoms with Crippen molar-refractivity contribution >= 4 is 23.2 Å². The molecule has 5 N–H and O–H groups in total. The van der Waals surface area contributed by atoms with E-state index in [4.69, 9.17) is 11.5 Å². The number of rotatable bonds is 6. The van der Waals surface area contributed by atoms with Crippen LogP contribution in [0.3, 0.4) is 0 Å². The second kappa shape index (κ2) is 6.63. The summed E-state index contributed by atoms with van der Waals surface area (Å²) < 4.78 is 0. The number of likely N-dealkylation sites (N-methyl/N-ethyl adjacent to an activating group) is 1. The fraction of sp³-hybridized carbons (Fsp3) is 0.385. The number of amides is 2. The number of nitrogens with two attached hydrogens (primary N) is 2. The van der Waals surface area contributed by atoms with Crippen molar-refractivity contribution < 1.29 is 9.59 Å². The predicted molar refractivity (Wildman–Crippen MR) is 75.9 cm³/mol.